The van der Waals surface area contributed by atoms with Crippen molar-refractivity contribution in [3.63, 3.8) is 0 Å². The second-order valence-electron chi connectivity index (χ2n) is 3.96. The van der Waals surface area contributed by atoms with E-state index in [4.69, 9.17) is 11.6 Å². The smallest absolute Gasteiger partial charge is 0.210 e. The van der Waals surface area contributed by atoms with Crippen LogP contribution in [0.25, 0.3) is 11.4 Å². The standard InChI is InChI=1S/C11H11ClN4S/c1-7-6-17-11-14-13-10(16(11)15-7)8-4-2-3-5-9(8)12/h2-5,7,15H,6H2,1H3. The Kier molecular flexibility index (Phi) is 2.72. The van der Waals surface area contributed by atoms with Gasteiger partial charge in [0.25, 0.3) is 0 Å². The van der Waals surface area contributed by atoms with Crippen LogP contribution in [-0.2, 0) is 0 Å². The van der Waals surface area contributed by atoms with Gasteiger partial charge in [0.05, 0.1) is 5.02 Å². The molecule has 88 valence electrons. The highest BCUT2D eigenvalue weighted by molar-refractivity contribution is 7.99. The van der Waals surface area contributed by atoms with Crippen LogP contribution >= 0.6 is 23.4 Å². The summed E-state index contributed by atoms with van der Waals surface area (Å²) in [5.41, 5.74) is 4.24. The number of rotatable bonds is 1. The quantitative estimate of drug-likeness (QED) is 0.862. The Balaban J connectivity index is 2.11. The normalized spacial score (nSPS) is 18.6. The van der Waals surface area contributed by atoms with Gasteiger partial charge in [-0.2, -0.15) is 0 Å². The largest absolute Gasteiger partial charge is 0.318 e. The maximum absolute atomic E-state index is 6.18. The molecule has 6 heteroatoms. The summed E-state index contributed by atoms with van der Waals surface area (Å²) in [5, 5.41) is 9.95. The first-order chi connectivity index (χ1) is 8.25. The average molecular weight is 267 g/mol. The number of nitrogens with zero attached hydrogens (tertiary/aromatic N) is 3. The van der Waals surface area contributed by atoms with Crippen LogP contribution in [0.2, 0.25) is 5.02 Å². The highest BCUT2D eigenvalue weighted by Gasteiger charge is 2.21. The Morgan fingerprint density at radius 3 is 3.06 bits per heavy atom. The molecule has 1 N–H and O–H groups in total. The average Bonchev–Trinajstić information content (AvgIpc) is 2.72. The first-order valence-corrected chi connectivity index (χ1v) is 6.72. The molecule has 0 radical (unpaired) electrons. The van der Waals surface area contributed by atoms with Crippen LogP contribution in [-0.4, -0.2) is 26.7 Å². The van der Waals surface area contributed by atoms with Crippen molar-refractivity contribution in [3.8, 4) is 11.4 Å². The lowest BCUT2D eigenvalue weighted by Crippen LogP contribution is -2.32. The highest BCUT2D eigenvalue weighted by atomic mass is 35.5. The molecule has 0 fully saturated rings. The number of thioether (sulfide) groups is 1. The molecule has 0 aliphatic carbocycles. The van der Waals surface area contributed by atoms with Crippen LogP contribution < -0.4 is 5.43 Å². The lowest BCUT2D eigenvalue weighted by molar-refractivity contribution is 0.672. The topological polar surface area (TPSA) is 42.7 Å². The lowest BCUT2D eigenvalue weighted by atomic mass is 10.2. The van der Waals surface area contributed by atoms with E-state index >= 15 is 0 Å². The molecule has 2 aromatic rings. The van der Waals surface area contributed by atoms with E-state index in [2.05, 4.69) is 22.5 Å². The minimum absolute atomic E-state index is 0.393. The molecule has 3 rings (SSSR count). The van der Waals surface area contributed by atoms with Gasteiger partial charge in [0.15, 0.2) is 5.82 Å². The zero-order chi connectivity index (χ0) is 11.8. The van der Waals surface area contributed by atoms with Gasteiger partial charge in [0.2, 0.25) is 5.16 Å². The number of nitrogens with one attached hydrogen (secondary N) is 1. The zero-order valence-electron chi connectivity index (χ0n) is 9.22. The molecule has 1 atom stereocenters. The third-order valence-corrected chi connectivity index (χ3v) is 4.08. The van der Waals surface area contributed by atoms with Gasteiger partial charge >= 0.3 is 0 Å². The van der Waals surface area contributed by atoms with Crippen molar-refractivity contribution in [1.82, 2.24) is 14.9 Å². The van der Waals surface area contributed by atoms with E-state index in [0.717, 1.165) is 22.3 Å². The molecule has 0 bridgehead atoms. The van der Waals surface area contributed by atoms with Crippen molar-refractivity contribution >= 4 is 23.4 Å². The zero-order valence-corrected chi connectivity index (χ0v) is 10.8. The number of halogens is 1. The van der Waals surface area contributed by atoms with Crippen molar-refractivity contribution in [2.45, 2.75) is 18.1 Å². The summed E-state index contributed by atoms with van der Waals surface area (Å²) in [4.78, 5) is 0. The van der Waals surface area contributed by atoms with Crippen LogP contribution in [0.3, 0.4) is 0 Å². The molecule has 1 aliphatic heterocycles. The number of aromatic nitrogens is 3. The molecule has 0 spiro atoms. The maximum Gasteiger partial charge on any atom is 0.210 e. The second kappa shape index (κ2) is 4.23. The van der Waals surface area contributed by atoms with Gasteiger partial charge in [-0.05, 0) is 19.1 Å². The van der Waals surface area contributed by atoms with Crippen LogP contribution in [0.1, 0.15) is 6.92 Å². The molecule has 0 saturated carbocycles. The van der Waals surface area contributed by atoms with E-state index in [1.807, 2.05) is 28.9 Å². The van der Waals surface area contributed by atoms with Crippen LogP contribution in [0, 0.1) is 0 Å². The SMILES string of the molecule is CC1CSc2nnc(-c3ccccc3Cl)n2N1. The molecule has 0 saturated heterocycles. The van der Waals surface area contributed by atoms with Gasteiger partial charge in [0.1, 0.15) is 0 Å². The molecular formula is C11H11ClN4S. The summed E-state index contributed by atoms with van der Waals surface area (Å²) in [6, 6.07) is 8.06. The Morgan fingerprint density at radius 2 is 2.24 bits per heavy atom. The Labute approximate surface area is 108 Å². The maximum atomic E-state index is 6.18. The Morgan fingerprint density at radius 1 is 1.41 bits per heavy atom. The molecule has 4 nitrogen and oxygen atoms in total. The van der Waals surface area contributed by atoms with Gasteiger partial charge in [-0.15, -0.1) is 10.2 Å². The van der Waals surface area contributed by atoms with Crippen LogP contribution in [0.4, 0.5) is 0 Å². The molecule has 1 aromatic heterocycles. The molecular weight excluding hydrogens is 256 g/mol. The van der Waals surface area contributed by atoms with Gasteiger partial charge < -0.3 is 5.43 Å². The van der Waals surface area contributed by atoms with E-state index in [1.165, 1.54) is 0 Å². The number of fused-ring (bicyclic) bond motifs is 1. The molecule has 1 aliphatic rings. The first kappa shape index (κ1) is 10.9. The van der Waals surface area contributed by atoms with Crippen LogP contribution in [0.5, 0.6) is 0 Å². The summed E-state index contributed by atoms with van der Waals surface area (Å²) >= 11 is 7.88. The van der Waals surface area contributed by atoms with Crippen molar-refractivity contribution < 1.29 is 0 Å². The summed E-state index contributed by atoms with van der Waals surface area (Å²) < 4.78 is 1.92. The van der Waals surface area contributed by atoms with E-state index in [-0.39, 0.29) is 0 Å². The van der Waals surface area contributed by atoms with E-state index in [9.17, 15) is 0 Å². The van der Waals surface area contributed by atoms with E-state index in [1.54, 1.807) is 11.8 Å². The first-order valence-electron chi connectivity index (χ1n) is 5.35. The molecule has 0 amide bonds. The van der Waals surface area contributed by atoms with Gasteiger partial charge in [0, 0.05) is 17.4 Å². The lowest BCUT2D eigenvalue weighted by Gasteiger charge is -2.23. The molecule has 1 aromatic carbocycles. The number of benzene rings is 1. The minimum atomic E-state index is 0.393. The summed E-state index contributed by atoms with van der Waals surface area (Å²) in [5.74, 6) is 1.77. The molecule has 1 unspecified atom stereocenters. The van der Waals surface area contributed by atoms with Crippen molar-refractivity contribution in [3.05, 3.63) is 29.3 Å². The second-order valence-corrected chi connectivity index (χ2v) is 5.36. The third kappa shape index (κ3) is 1.89. The molecule has 17 heavy (non-hydrogen) atoms. The monoisotopic (exact) mass is 266 g/mol. The minimum Gasteiger partial charge on any atom is -0.318 e. The fraction of sp³-hybridized carbons (Fsp3) is 0.273. The fourth-order valence-corrected chi connectivity index (χ4v) is 2.81. The van der Waals surface area contributed by atoms with Crippen molar-refractivity contribution in [2.24, 2.45) is 0 Å². The fourth-order valence-electron chi connectivity index (χ4n) is 1.75. The highest BCUT2D eigenvalue weighted by Crippen LogP contribution is 2.30. The predicted molar refractivity (Wildman–Crippen MR) is 70.0 cm³/mol. The predicted octanol–water partition coefficient (Wildman–Crippen LogP) is 2.64. The molecule has 2 heterocycles. The summed E-state index contributed by atoms with van der Waals surface area (Å²) in [6.45, 7) is 2.13. The van der Waals surface area contributed by atoms with E-state index < -0.39 is 0 Å². The van der Waals surface area contributed by atoms with Crippen molar-refractivity contribution in [1.29, 1.82) is 0 Å². The van der Waals surface area contributed by atoms with Gasteiger partial charge in [-0.1, -0.05) is 35.5 Å². The Hall–Kier alpha value is -1.20. The van der Waals surface area contributed by atoms with Gasteiger partial charge in [-0.25, -0.2) is 4.68 Å². The summed E-state index contributed by atoms with van der Waals surface area (Å²) in [6.07, 6.45) is 0. The van der Waals surface area contributed by atoms with Crippen molar-refractivity contribution in [2.75, 3.05) is 11.2 Å². The van der Waals surface area contributed by atoms with E-state index in [0.29, 0.717) is 11.1 Å². The van der Waals surface area contributed by atoms with Crippen LogP contribution in [0.15, 0.2) is 29.4 Å². The summed E-state index contributed by atoms with van der Waals surface area (Å²) in [7, 11) is 0. The number of hydrogen-bond acceptors (Lipinski definition) is 4. The van der Waals surface area contributed by atoms with Gasteiger partial charge in [-0.3, -0.25) is 0 Å². The Bertz CT molecular complexity index is 554. The number of hydrogen-bond donors (Lipinski definition) is 1. The third-order valence-electron chi connectivity index (χ3n) is 2.56.